The number of aromatic carboxylic acids is 1. The van der Waals surface area contributed by atoms with Crippen LogP contribution in [0.5, 0.6) is 0 Å². The Morgan fingerprint density at radius 1 is 1.65 bits per heavy atom. The quantitative estimate of drug-likeness (QED) is 0.827. The van der Waals surface area contributed by atoms with Gasteiger partial charge in [0.25, 0.3) is 0 Å². The molecule has 1 aromatic heterocycles. The molecule has 1 unspecified atom stereocenters. The lowest BCUT2D eigenvalue weighted by molar-refractivity contribution is -0.117. The molecule has 0 bridgehead atoms. The van der Waals surface area contributed by atoms with Crippen LogP contribution in [0.1, 0.15) is 16.8 Å². The van der Waals surface area contributed by atoms with E-state index in [-0.39, 0.29) is 23.2 Å². The van der Waals surface area contributed by atoms with Crippen molar-refractivity contribution in [2.24, 2.45) is 5.92 Å². The van der Waals surface area contributed by atoms with Crippen molar-refractivity contribution in [2.45, 2.75) is 6.42 Å². The molecule has 2 rings (SSSR count). The SMILES string of the molecule is O=C(O)c1cccnc1N1CC(CCl)CC1=O. The van der Waals surface area contributed by atoms with Gasteiger partial charge in [-0.05, 0) is 18.1 Å². The summed E-state index contributed by atoms with van der Waals surface area (Å²) in [6, 6.07) is 2.97. The van der Waals surface area contributed by atoms with E-state index in [0.29, 0.717) is 18.8 Å². The predicted octanol–water partition coefficient (Wildman–Crippen LogP) is 1.37. The van der Waals surface area contributed by atoms with Crippen molar-refractivity contribution < 1.29 is 14.7 Å². The van der Waals surface area contributed by atoms with Gasteiger partial charge in [-0.3, -0.25) is 9.69 Å². The third-order valence-corrected chi connectivity index (χ3v) is 3.13. The Balaban J connectivity index is 2.35. The number of amides is 1. The number of alkyl halides is 1. The number of rotatable bonds is 3. The number of carbonyl (C=O) groups is 2. The van der Waals surface area contributed by atoms with Crippen LogP contribution in [0.3, 0.4) is 0 Å². The van der Waals surface area contributed by atoms with Crippen LogP contribution in [0.4, 0.5) is 5.82 Å². The number of anilines is 1. The highest BCUT2D eigenvalue weighted by molar-refractivity contribution is 6.18. The Morgan fingerprint density at radius 2 is 2.41 bits per heavy atom. The van der Waals surface area contributed by atoms with Gasteiger partial charge >= 0.3 is 5.97 Å². The number of carboxylic acid groups (broad SMARTS) is 1. The summed E-state index contributed by atoms with van der Waals surface area (Å²) in [4.78, 5) is 28.2. The highest BCUT2D eigenvalue weighted by Crippen LogP contribution is 2.26. The van der Waals surface area contributed by atoms with E-state index in [2.05, 4.69) is 4.98 Å². The van der Waals surface area contributed by atoms with E-state index >= 15 is 0 Å². The molecule has 1 aromatic rings. The summed E-state index contributed by atoms with van der Waals surface area (Å²) in [5.74, 6) is -0.560. The molecule has 0 aromatic carbocycles. The lowest BCUT2D eigenvalue weighted by Crippen LogP contribution is -2.27. The number of carbonyl (C=O) groups excluding carboxylic acids is 1. The molecule has 6 heteroatoms. The Morgan fingerprint density at radius 3 is 3.00 bits per heavy atom. The van der Waals surface area contributed by atoms with Gasteiger partial charge in [-0.15, -0.1) is 11.6 Å². The van der Waals surface area contributed by atoms with Crippen molar-refractivity contribution in [3.8, 4) is 0 Å². The summed E-state index contributed by atoms with van der Waals surface area (Å²) in [5, 5.41) is 9.03. The fourth-order valence-corrected chi connectivity index (χ4v) is 2.08. The largest absolute Gasteiger partial charge is 0.478 e. The second kappa shape index (κ2) is 4.71. The van der Waals surface area contributed by atoms with Gasteiger partial charge in [0.05, 0.1) is 0 Å². The van der Waals surface area contributed by atoms with Crippen molar-refractivity contribution in [3.63, 3.8) is 0 Å². The van der Waals surface area contributed by atoms with E-state index in [1.54, 1.807) is 0 Å². The second-order valence-electron chi connectivity index (χ2n) is 3.91. The highest BCUT2D eigenvalue weighted by Gasteiger charge is 2.32. The Hall–Kier alpha value is -1.62. The molecule has 5 nitrogen and oxygen atoms in total. The van der Waals surface area contributed by atoms with Crippen LogP contribution in [0.15, 0.2) is 18.3 Å². The van der Waals surface area contributed by atoms with E-state index in [0.717, 1.165) is 0 Å². The lowest BCUT2D eigenvalue weighted by atomic mass is 10.1. The lowest BCUT2D eigenvalue weighted by Gasteiger charge is -2.16. The second-order valence-corrected chi connectivity index (χ2v) is 4.22. The zero-order valence-corrected chi connectivity index (χ0v) is 9.72. The van der Waals surface area contributed by atoms with Crippen LogP contribution in [0, 0.1) is 5.92 Å². The first-order chi connectivity index (χ1) is 8.13. The number of carboxylic acids is 1. The van der Waals surface area contributed by atoms with Gasteiger partial charge in [0.2, 0.25) is 5.91 Å². The van der Waals surface area contributed by atoms with Crippen LogP contribution in [0.25, 0.3) is 0 Å². The predicted molar refractivity (Wildman–Crippen MR) is 62.4 cm³/mol. The third kappa shape index (κ3) is 2.24. The molecule has 0 aliphatic carbocycles. The average Bonchev–Trinajstić information content (AvgIpc) is 2.70. The van der Waals surface area contributed by atoms with E-state index in [4.69, 9.17) is 16.7 Å². The average molecular weight is 255 g/mol. The van der Waals surface area contributed by atoms with Crippen LogP contribution in [-0.2, 0) is 4.79 Å². The Kier molecular flexibility index (Phi) is 3.28. The van der Waals surface area contributed by atoms with Crippen molar-refractivity contribution in [1.82, 2.24) is 4.98 Å². The first-order valence-electron chi connectivity index (χ1n) is 5.18. The van der Waals surface area contributed by atoms with Gasteiger partial charge in [0, 0.05) is 25.0 Å². The molecule has 1 saturated heterocycles. The zero-order chi connectivity index (χ0) is 12.4. The fourth-order valence-electron chi connectivity index (χ4n) is 1.87. The number of nitrogens with zero attached hydrogens (tertiary/aromatic N) is 2. The Bertz CT molecular complexity index is 464. The molecule has 17 heavy (non-hydrogen) atoms. The number of pyridine rings is 1. The molecule has 0 saturated carbocycles. The number of aromatic nitrogens is 1. The molecule has 1 fully saturated rings. The minimum absolute atomic E-state index is 0.0380. The van der Waals surface area contributed by atoms with Crippen LogP contribution in [0.2, 0.25) is 0 Å². The minimum atomic E-state index is -1.09. The number of hydrogen-bond acceptors (Lipinski definition) is 3. The minimum Gasteiger partial charge on any atom is -0.478 e. The monoisotopic (exact) mass is 254 g/mol. The summed E-state index contributed by atoms with van der Waals surface area (Å²) < 4.78 is 0. The van der Waals surface area contributed by atoms with Gasteiger partial charge < -0.3 is 5.11 Å². The summed E-state index contributed by atoms with van der Waals surface area (Å²) in [6.45, 7) is 0.430. The summed E-state index contributed by atoms with van der Waals surface area (Å²) in [7, 11) is 0. The van der Waals surface area contributed by atoms with Gasteiger partial charge in [-0.1, -0.05) is 0 Å². The van der Waals surface area contributed by atoms with Crippen molar-refractivity contribution in [3.05, 3.63) is 23.9 Å². The molecule has 1 aliphatic rings. The number of hydrogen-bond donors (Lipinski definition) is 1. The summed E-state index contributed by atoms with van der Waals surface area (Å²) in [6.07, 6.45) is 1.82. The van der Waals surface area contributed by atoms with E-state index in [1.165, 1.54) is 23.2 Å². The molecular weight excluding hydrogens is 244 g/mol. The van der Waals surface area contributed by atoms with Crippen molar-refractivity contribution in [1.29, 1.82) is 0 Å². The fraction of sp³-hybridized carbons (Fsp3) is 0.364. The molecule has 1 atom stereocenters. The maximum Gasteiger partial charge on any atom is 0.339 e. The van der Waals surface area contributed by atoms with Gasteiger partial charge in [0.15, 0.2) is 0 Å². The topological polar surface area (TPSA) is 70.5 Å². The normalized spacial score (nSPS) is 19.7. The van der Waals surface area contributed by atoms with Crippen LogP contribution >= 0.6 is 11.6 Å². The molecule has 1 N–H and O–H groups in total. The van der Waals surface area contributed by atoms with E-state index < -0.39 is 5.97 Å². The van der Waals surface area contributed by atoms with Gasteiger partial charge in [0.1, 0.15) is 11.4 Å². The first kappa shape index (κ1) is 11.9. The zero-order valence-electron chi connectivity index (χ0n) is 8.97. The Labute approximate surface area is 103 Å². The highest BCUT2D eigenvalue weighted by atomic mass is 35.5. The molecule has 1 amide bonds. The maximum absolute atomic E-state index is 11.8. The maximum atomic E-state index is 11.8. The van der Waals surface area contributed by atoms with Crippen molar-refractivity contribution in [2.75, 3.05) is 17.3 Å². The number of halogens is 1. The summed E-state index contributed by atoms with van der Waals surface area (Å²) in [5.41, 5.74) is 0.0380. The van der Waals surface area contributed by atoms with Crippen LogP contribution in [-0.4, -0.2) is 34.4 Å². The van der Waals surface area contributed by atoms with E-state index in [1.807, 2.05) is 0 Å². The molecule has 2 heterocycles. The standard InChI is InChI=1S/C11H11ClN2O3/c12-5-7-4-9(15)14(6-7)10-8(11(16)17)2-1-3-13-10/h1-3,7H,4-6H2,(H,16,17). The van der Waals surface area contributed by atoms with Crippen molar-refractivity contribution >= 4 is 29.3 Å². The smallest absolute Gasteiger partial charge is 0.339 e. The first-order valence-corrected chi connectivity index (χ1v) is 5.71. The molecule has 1 aliphatic heterocycles. The molecule has 0 spiro atoms. The molecule has 90 valence electrons. The summed E-state index contributed by atoms with van der Waals surface area (Å²) >= 11 is 5.71. The third-order valence-electron chi connectivity index (χ3n) is 2.70. The molecular formula is C11H11ClN2O3. The van der Waals surface area contributed by atoms with Gasteiger partial charge in [-0.2, -0.15) is 0 Å². The van der Waals surface area contributed by atoms with E-state index in [9.17, 15) is 9.59 Å². The van der Waals surface area contributed by atoms with Crippen LogP contribution < -0.4 is 4.90 Å². The van der Waals surface area contributed by atoms with Gasteiger partial charge in [-0.25, -0.2) is 9.78 Å². The molecule has 0 radical (unpaired) electrons.